The van der Waals surface area contributed by atoms with Gasteiger partial charge < -0.3 is 5.32 Å². The average molecular weight is 311 g/mol. The third-order valence-corrected chi connectivity index (χ3v) is 4.48. The third kappa shape index (κ3) is 3.85. The van der Waals surface area contributed by atoms with E-state index in [4.69, 9.17) is 0 Å². The molecule has 1 fully saturated rings. The van der Waals surface area contributed by atoms with Gasteiger partial charge >= 0.3 is 0 Å². The lowest BCUT2D eigenvalue weighted by molar-refractivity contribution is 0.101. The molecule has 2 rings (SSSR count). The third-order valence-electron chi connectivity index (χ3n) is 4.48. The zero-order valence-electron chi connectivity index (χ0n) is 13.7. The predicted octanol–water partition coefficient (Wildman–Crippen LogP) is 3.03. The first kappa shape index (κ1) is 18.1. The van der Waals surface area contributed by atoms with Gasteiger partial charge in [-0.3, -0.25) is 9.69 Å². The van der Waals surface area contributed by atoms with E-state index >= 15 is 0 Å². The Morgan fingerprint density at radius 2 is 2.00 bits per heavy atom. The molecule has 0 unspecified atom stereocenters. The molecule has 0 spiro atoms. The molecule has 1 saturated heterocycles. The van der Waals surface area contributed by atoms with Crippen molar-refractivity contribution >= 4 is 18.2 Å². The number of rotatable bonds is 3. The van der Waals surface area contributed by atoms with Gasteiger partial charge in [-0.15, -0.1) is 12.4 Å². The number of nitrogens with one attached hydrogen (secondary N) is 1. The molecule has 1 aromatic carbocycles. The molecule has 1 N–H and O–H groups in total. The van der Waals surface area contributed by atoms with E-state index in [1.54, 1.807) is 6.92 Å². The molecular weight excluding hydrogens is 284 g/mol. The van der Waals surface area contributed by atoms with Crippen LogP contribution in [-0.2, 0) is 6.54 Å². The van der Waals surface area contributed by atoms with Crippen LogP contribution in [0.2, 0.25) is 0 Å². The summed E-state index contributed by atoms with van der Waals surface area (Å²) in [7, 11) is 0. The van der Waals surface area contributed by atoms with E-state index in [0.717, 1.165) is 37.3 Å². The summed E-state index contributed by atoms with van der Waals surface area (Å²) in [6.45, 7) is 14.3. The zero-order valence-corrected chi connectivity index (χ0v) is 14.6. The lowest BCUT2D eigenvalue weighted by Crippen LogP contribution is -2.49. The van der Waals surface area contributed by atoms with Gasteiger partial charge in [0.1, 0.15) is 0 Å². The van der Waals surface area contributed by atoms with Crippen molar-refractivity contribution < 1.29 is 4.79 Å². The molecule has 1 atom stereocenters. The van der Waals surface area contributed by atoms with E-state index in [9.17, 15) is 4.79 Å². The molecule has 0 aliphatic carbocycles. The van der Waals surface area contributed by atoms with Gasteiger partial charge in [0.25, 0.3) is 0 Å². The average Bonchev–Trinajstić information content (AvgIpc) is 2.35. The Morgan fingerprint density at radius 1 is 1.33 bits per heavy atom. The fraction of sp³-hybridized carbons (Fsp3) is 0.588. The van der Waals surface area contributed by atoms with Crippen molar-refractivity contribution in [3.8, 4) is 0 Å². The molecule has 3 nitrogen and oxygen atoms in total. The van der Waals surface area contributed by atoms with Crippen molar-refractivity contribution in [2.45, 2.75) is 47.2 Å². The summed E-state index contributed by atoms with van der Waals surface area (Å²) < 4.78 is 0. The Bertz CT molecular complexity index is 528. The van der Waals surface area contributed by atoms with Gasteiger partial charge in [-0.1, -0.05) is 6.07 Å². The molecule has 0 bridgehead atoms. The smallest absolute Gasteiger partial charge is 0.160 e. The highest BCUT2D eigenvalue weighted by Gasteiger charge is 2.21. The lowest BCUT2D eigenvalue weighted by atomic mass is 9.91. The summed E-state index contributed by atoms with van der Waals surface area (Å²) in [5, 5.41) is 3.42. The SMILES string of the molecule is CC(=O)c1c(C)cc(C)c(CN2CCNC[C@H]2C)c1C.Cl. The first-order valence-corrected chi connectivity index (χ1v) is 7.47. The summed E-state index contributed by atoms with van der Waals surface area (Å²) in [5.74, 6) is 0.176. The summed E-state index contributed by atoms with van der Waals surface area (Å²) in [4.78, 5) is 14.4. The second kappa shape index (κ2) is 7.39. The number of carbonyl (C=O) groups is 1. The van der Waals surface area contributed by atoms with E-state index < -0.39 is 0 Å². The first-order chi connectivity index (χ1) is 9.41. The van der Waals surface area contributed by atoms with Crippen molar-refractivity contribution in [3.05, 3.63) is 33.9 Å². The molecule has 0 amide bonds. The van der Waals surface area contributed by atoms with E-state index in [1.807, 2.05) is 6.92 Å². The highest BCUT2D eigenvalue weighted by Crippen LogP contribution is 2.25. The lowest BCUT2D eigenvalue weighted by Gasteiger charge is -2.35. The van der Waals surface area contributed by atoms with Crippen LogP contribution in [0.25, 0.3) is 0 Å². The number of halogens is 1. The maximum absolute atomic E-state index is 11.9. The number of ketones is 1. The molecule has 4 heteroatoms. The predicted molar refractivity (Wildman–Crippen MR) is 90.6 cm³/mol. The van der Waals surface area contributed by atoms with E-state index in [-0.39, 0.29) is 18.2 Å². The number of aryl methyl sites for hydroxylation is 2. The van der Waals surface area contributed by atoms with Gasteiger partial charge in [-0.25, -0.2) is 0 Å². The normalized spacial score (nSPS) is 19.2. The van der Waals surface area contributed by atoms with Crippen molar-refractivity contribution in [3.63, 3.8) is 0 Å². The minimum absolute atomic E-state index is 0. The van der Waals surface area contributed by atoms with Crippen LogP contribution in [0.15, 0.2) is 6.07 Å². The number of piperazine rings is 1. The summed E-state index contributed by atoms with van der Waals surface area (Å²) in [6.07, 6.45) is 0. The molecule has 1 heterocycles. The second-order valence-electron chi connectivity index (χ2n) is 6.07. The van der Waals surface area contributed by atoms with Crippen LogP contribution in [0.1, 0.15) is 46.5 Å². The van der Waals surface area contributed by atoms with Crippen molar-refractivity contribution in [2.75, 3.05) is 19.6 Å². The Balaban J connectivity index is 0.00000220. The molecule has 1 aliphatic heterocycles. The fourth-order valence-corrected chi connectivity index (χ4v) is 3.33. The first-order valence-electron chi connectivity index (χ1n) is 7.47. The zero-order chi connectivity index (χ0) is 14.9. The second-order valence-corrected chi connectivity index (χ2v) is 6.07. The molecular formula is C17H27ClN2O. The van der Waals surface area contributed by atoms with E-state index in [0.29, 0.717) is 6.04 Å². The number of carbonyl (C=O) groups excluding carboxylic acids is 1. The van der Waals surface area contributed by atoms with Crippen LogP contribution >= 0.6 is 12.4 Å². The van der Waals surface area contributed by atoms with Gasteiger partial charge in [0.15, 0.2) is 5.78 Å². The minimum Gasteiger partial charge on any atom is -0.314 e. The summed E-state index contributed by atoms with van der Waals surface area (Å²) >= 11 is 0. The molecule has 0 saturated carbocycles. The highest BCUT2D eigenvalue weighted by molar-refractivity contribution is 5.97. The molecule has 1 aliphatic rings. The fourth-order valence-electron chi connectivity index (χ4n) is 3.33. The molecule has 0 radical (unpaired) electrons. The molecule has 1 aromatic rings. The topological polar surface area (TPSA) is 32.3 Å². The van der Waals surface area contributed by atoms with Gasteiger partial charge in [0.05, 0.1) is 0 Å². The van der Waals surface area contributed by atoms with Gasteiger partial charge in [0.2, 0.25) is 0 Å². The van der Waals surface area contributed by atoms with Crippen LogP contribution in [0.3, 0.4) is 0 Å². The Hall–Kier alpha value is -0.900. The van der Waals surface area contributed by atoms with Crippen molar-refractivity contribution in [2.24, 2.45) is 0 Å². The van der Waals surface area contributed by atoms with Crippen LogP contribution in [0.5, 0.6) is 0 Å². The van der Waals surface area contributed by atoms with Crippen LogP contribution < -0.4 is 5.32 Å². The Kier molecular flexibility index (Phi) is 6.39. The highest BCUT2D eigenvalue weighted by atomic mass is 35.5. The minimum atomic E-state index is 0. The summed E-state index contributed by atoms with van der Waals surface area (Å²) in [6, 6.07) is 2.70. The van der Waals surface area contributed by atoms with E-state index in [2.05, 4.69) is 37.1 Å². The Labute approximate surface area is 134 Å². The van der Waals surface area contributed by atoms with Gasteiger partial charge in [0, 0.05) is 37.8 Å². The standard InChI is InChI=1S/C17H26N2O.ClH/c1-11-8-12(2)17(15(5)20)14(4)16(11)10-19-7-6-18-9-13(19)3;/h8,13,18H,6-7,9-10H2,1-5H3;1H/t13-;/m1./s1. The van der Waals surface area contributed by atoms with Crippen LogP contribution in [0, 0.1) is 20.8 Å². The number of benzene rings is 1. The van der Waals surface area contributed by atoms with Crippen molar-refractivity contribution in [1.82, 2.24) is 10.2 Å². The van der Waals surface area contributed by atoms with E-state index in [1.165, 1.54) is 16.7 Å². The maximum Gasteiger partial charge on any atom is 0.160 e. The number of nitrogens with zero attached hydrogens (tertiary/aromatic N) is 1. The number of Topliss-reactive ketones (excluding diaryl/α,β-unsaturated/α-hetero) is 1. The largest absolute Gasteiger partial charge is 0.314 e. The van der Waals surface area contributed by atoms with Gasteiger partial charge in [-0.05, 0) is 56.9 Å². The number of hydrogen-bond donors (Lipinski definition) is 1. The molecule has 0 aromatic heterocycles. The monoisotopic (exact) mass is 310 g/mol. The molecule has 118 valence electrons. The number of hydrogen-bond acceptors (Lipinski definition) is 3. The quantitative estimate of drug-likeness (QED) is 0.871. The Morgan fingerprint density at radius 3 is 2.57 bits per heavy atom. The van der Waals surface area contributed by atoms with Crippen LogP contribution in [-0.4, -0.2) is 36.4 Å². The molecule has 21 heavy (non-hydrogen) atoms. The van der Waals surface area contributed by atoms with Crippen molar-refractivity contribution in [1.29, 1.82) is 0 Å². The van der Waals surface area contributed by atoms with Crippen LogP contribution in [0.4, 0.5) is 0 Å². The maximum atomic E-state index is 11.9. The van der Waals surface area contributed by atoms with Gasteiger partial charge in [-0.2, -0.15) is 0 Å². The summed E-state index contributed by atoms with van der Waals surface area (Å²) in [5.41, 5.74) is 5.81.